The average Bonchev–Trinajstić information content (AvgIpc) is 3.04. The highest BCUT2D eigenvalue weighted by Crippen LogP contribution is 2.32. The Labute approximate surface area is 176 Å². The highest BCUT2D eigenvalue weighted by Gasteiger charge is 2.18. The zero-order valence-electron chi connectivity index (χ0n) is 17.1. The lowest BCUT2D eigenvalue weighted by atomic mass is 10.1. The topological polar surface area (TPSA) is 93.9 Å². The Hall–Kier alpha value is -3.39. The summed E-state index contributed by atoms with van der Waals surface area (Å²) in [6.07, 6.45) is 0. The van der Waals surface area contributed by atoms with Crippen molar-refractivity contribution in [2.75, 3.05) is 5.32 Å². The number of hydrogen-bond acceptors (Lipinski definition) is 6. The van der Waals surface area contributed by atoms with Crippen molar-refractivity contribution < 1.29 is 9.59 Å². The summed E-state index contributed by atoms with van der Waals surface area (Å²) >= 11 is 1.30. The summed E-state index contributed by atoms with van der Waals surface area (Å²) in [4.78, 5) is 47.0. The minimum atomic E-state index is -0.344. The Balaban J connectivity index is 1.68. The Kier molecular flexibility index (Phi) is 4.95. The lowest BCUT2D eigenvalue weighted by molar-refractivity contribution is -0.116. The standard InChI is InChI=1S/C22H20N4O3S/c1-11-9-12(2)23-21-18(11)19-20(30-21)22(29)26(14(4)24-19)10-17(28)25-16-7-5-15(6-8-16)13(3)27/h5-9H,10H2,1-4H3,(H,25,28). The highest BCUT2D eigenvalue weighted by atomic mass is 32.1. The Bertz CT molecular complexity index is 1380. The van der Waals surface area contributed by atoms with Crippen molar-refractivity contribution in [3.63, 3.8) is 0 Å². The fraction of sp³-hybridized carbons (Fsp3) is 0.227. The molecule has 0 aliphatic rings. The molecule has 152 valence electrons. The molecular formula is C22H20N4O3S. The fourth-order valence-corrected chi connectivity index (χ4v) is 4.67. The number of nitrogens with one attached hydrogen (secondary N) is 1. The van der Waals surface area contributed by atoms with Gasteiger partial charge in [0.15, 0.2) is 5.78 Å². The number of aryl methyl sites for hydroxylation is 3. The van der Waals surface area contributed by atoms with Crippen LogP contribution in [-0.4, -0.2) is 26.2 Å². The smallest absolute Gasteiger partial charge is 0.272 e. The maximum Gasteiger partial charge on any atom is 0.272 e. The van der Waals surface area contributed by atoms with Gasteiger partial charge in [0, 0.05) is 22.3 Å². The molecule has 0 aliphatic heterocycles. The number of thiophene rings is 1. The summed E-state index contributed by atoms with van der Waals surface area (Å²) in [5, 5.41) is 3.65. The molecule has 0 unspecified atom stereocenters. The van der Waals surface area contributed by atoms with Crippen molar-refractivity contribution in [1.82, 2.24) is 14.5 Å². The molecule has 3 aromatic heterocycles. The fourth-order valence-electron chi connectivity index (χ4n) is 3.48. The number of carbonyl (C=O) groups excluding carboxylic acids is 2. The van der Waals surface area contributed by atoms with Gasteiger partial charge in [0.25, 0.3) is 5.56 Å². The molecule has 30 heavy (non-hydrogen) atoms. The predicted octanol–water partition coefficient (Wildman–Crippen LogP) is 3.77. The van der Waals surface area contributed by atoms with E-state index in [0.29, 0.717) is 27.3 Å². The van der Waals surface area contributed by atoms with Gasteiger partial charge >= 0.3 is 0 Å². The first kappa shape index (κ1) is 19.9. The number of rotatable bonds is 4. The first-order chi connectivity index (χ1) is 14.2. The molecule has 1 amide bonds. The van der Waals surface area contributed by atoms with E-state index in [2.05, 4.69) is 15.3 Å². The minimum Gasteiger partial charge on any atom is -0.325 e. The summed E-state index contributed by atoms with van der Waals surface area (Å²) in [5.41, 5.74) is 3.43. The molecule has 4 aromatic rings. The van der Waals surface area contributed by atoms with Gasteiger partial charge in [-0.15, -0.1) is 11.3 Å². The Morgan fingerprint density at radius 1 is 1.10 bits per heavy atom. The number of amides is 1. The van der Waals surface area contributed by atoms with Gasteiger partial charge in [0.05, 0.1) is 5.52 Å². The molecule has 0 fully saturated rings. The lowest BCUT2D eigenvalue weighted by Gasteiger charge is -2.10. The molecule has 7 nitrogen and oxygen atoms in total. The number of nitrogens with zero attached hydrogens (tertiary/aromatic N) is 3. The van der Waals surface area contributed by atoms with E-state index in [-0.39, 0.29) is 23.8 Å². The molecule has 8 heteroatoms. The number of fused-ring (bicyclic) bond motifs is 3. The third-order valence-corrected chi connectivity index (χ3v) is 6.00. The second-order valence-corrected chi connectivity index (χ2v) is 8.27. The molecule has 0 spiro atoms. The molecule has 0 saturated heterocycles. The molecule has 0 aliphatic carbocycles. The highest BCUT2D eigenvalue weighted by molar-refractivity contribution is 7.25. The molecule has 1 aromatic carbocycles. The van der Waals surface area contributed by atoms with E-state index >= 15 is 0 Å². The van der Waals surface area contributed by atoms with Crippen LogP contribution in [0, 0.1) is 20.8 Å². The molecule has 0 bridgehead atoms. The number of Topliss-reactive ketones (excluding diaryl/α,β-unsaturated/α-hetero) is 1. The van der Waals surface area contributed by atoms with Crippen LogP contribution in [0.2, 0.25) is 0 Å². The molecule has 4 rings (SSSR count). The number of ketones is 1. The quantitative estimate of drug-likeness (QED) is 0.507. The predicted molar refractivity (Wildman–Crippen MR) is 118 cm³/mol. The molecule has 0 radical (unpaired) electrons. The summed E-state index contributed by atoms with van der Waals surface area (Å²) in [5.74, 6) is 0.0788. The van der Waals surface area contributed by atoms with Crippen LogP contribution in [0.1, 0.15) is 34.4 Å². The van der Waals surface area contributed by atoms with Crippen molar-refractivity contribution in [3.05, 3.63) is 63.3 Å². The number of aromatic nitrogens is 3. The van der Waals surface area contributed by atoms with E-state index in [1.54, 1.807) is 31.2 Å². The maximum absolute atomic E-state index is 13.1. The van der Waals surface area contributed by atoms with Crippen LogP contribution in [0.4, 0.5) is 5.69 Å². The van der Waals surface area contributed by atoms with E-state index in [0.717, 1.165) is 21.5 Å². The first-order valence-corrected chi connectivity index (χ1v) is 10.2. The lowest BCUT2D eigenvalue weighted by Crippen LogP contribution is -2.29. The van der Waals surface area contributed by atoms with Crippen LogP contribution < -0.4 is 10.9 Å². The number of benzene rings is 1. The van der Waals surface area contributed by atoms with Crippen LogP contribution in [0.15, 0.2) is 35.1 Å². The van der Waals surface area contributed by atoms with Crippen LogP contribution in [0.5, 0.6) is 0 Å². The second-order valence-electron chi connectivity index (χ2n) is 7.27. The van der Waals surface area contributed by atoms with E-state index in [1.807, 2.05) is 19.9 Å². The third-order valence-electron chi connectivity index (χ3n) is 4.94. The Morgan fingerprint density at radius 3 is 2.47 bits per heavy atom. The van der Waals surface area contributed by atoms with Crippen LogP contribution >= 0.6 is 11.3 Å². The summed E-state index contributed by atoms with van der Waals surface area (Å²) in [6.45, 7) is 6.95. The van der Waals surface area contributed by atoms with Crippen molar-refractivity contribution in [1.29, 1.82) is 0 Å². The van der Waals surface area contributed by atoms with Gasteiger partial charge in [0.2, 0.25) is 5.91 Å². The van der Waals surface area contributed by atoms with E-state index in [1.165, 1.54) is 22.8 Å². The summed E-state index contributed by atoms with van der Waals surface area (Å²) in [7, 11) is 0. The van der Waals surface area contributed by atoms with Gasteiger partial charge in [0.1, 0.15) is 21.9 Å². The van der Waals surface area contributed by atoms with Gasteiger partial charge in [-0.25, -0.2) is 9.97 Å². The van der Waals surface area contributed by atoms with Crippen LogP contribution in [0.25, 0.3) is 20.4 Å². The van der Waals surface area contributed by atoms with Crippen LogP contribution in [0.3, 0.4) is 0 Å². The summed E-state index contributed by atoms with van der Waals surface area (Å²) in [6, 6.07) is 8.60. The largest absolute Gasteiger partial charge is 0.325 e. The van der Waals surface area contributed by atoms with E-state index in [4.69, 9.17) is 0 Å². The number of carbonyl (C=O) groups is 2. The zero-order valence-corrected chi connectivity index (χ0v) is 17.9. The normalized spacial score (nSPS) is 11.2. The zero-order chi connectivity index (χ0) is 21.6. The monoisotopic (exact) mass is 420 g/mol. The van der Waals surface area contributed by atoms with Gasteiger partial charge in [-0.3, -0.25) is 19.0 Å². The molecule has 0 atom stereocenters. The number of hydrogen-bond donors (Lipinski definition) is 1. The number of anilines is 1. The van der Waals surface area contributed by atoms with Crippen LogP contribution in [-0.2, 0) is 11.3 Å². The van der Waals surface area contributed by atoms with Gasteiger partial charge in [-0.05, 0) is 63.6 Å². The average molecular weight is 420 g/mol. The third kappa shape index (κ3) is 3.50. The van der Waals surface area contributed by atoms with Gasteiger partial charge < -0.3 is 5.32 Å². The van der Waals surface area contributed by atoms with E-state index in [9.17, 15) is 14.4 Å². The molecule has 3 heterocycles. The van der Waals surface area contributed by atoms with E-state index < -0.39 is 0 Å². The molecular weight excluding hydrogens is 400 g/mol. The van der Waals surface area contributed by atoms with Gasteiger partial charge in [-0.2, -0.15) is 0 Å². The first-order valence-electron chi connectivity index (χ1n) is 9.43. The Morgan fingerprint density at radius 2 is 1.80 bits per heavy atom. The van der Waals surface area contributed by atoms with Crippen molar-refractivity contribution in [3.8, 4) is 0 Å². The van der Waals surface area contributed by atoms with Crippen molar-refractivity contribution in [2.45, 2.75) is 34.2 Å². The number of pyridine rings is 1. The van der Waals surface area contributed by atoms with Crippen molar-refractivity contribution >= 4 is 49.1 Å². The second kappa shape index (κ2) is 7.46. The maximum atomic E-state index is 13.1. The molecule has 0 saturated carbocycles. The molecule has 1 N–H and O–H groups in total. The summed E-state index contributed by atoms with van der Waals surface area (Å²) < 4.78 is 1.87. The SMILES string of the molecule is CC(=O)c1ccc(NC(=O)Cn2c(C)nc3c(sc4nc(C)cc(C)c43)c2=O)cc1. The van der Waals surface area contributed by atoms with Crippen molar-refractivity contribution in [2.24, 2.45) is 0 Å². The van der Waals surface area contributed by atoms with Gasteiger partial charge in [-0.1, -0.05) is 0 Å². The minimum absolute atomic E-state index is 0.0438.